The minimum atomic E-state index is -1.13. The Balaban J connectivity index is 1.85. The smallest absolute Gasteiger partial charge is 0.407 e. The van der Waals surface area contributed by atoms with E-state index in [9.17, 15) is 15.0 Å². The molecule has 0 bridgehead atoms. The minimum Gasteiger partial charge on any atom is -0.465 e. The Morgan fingerprint density at radius 3 is 2.74 bits per heavy atom. The summed E-state index contributed by atoms with van der Waals surface area (Å²) in [5, 5.41) is 22.6. The van der Waals surface area contributed by atoms with Crippen molar-refractivity contribution < 1.29 is 19.7 Å². The van der Waals surface area contributed by atoms with Crippen LogP contribution in [0.2, 0.25) is 0 Å². The molecule has 23 heavy (non-hydrogen) atoms. The van der Waals surface area contributed by atoms with Crippen molar-refractivity contribution in [3.8, 4) is 0 Å². The first-order valence-electron chi connectivity index (χ1n) is 7.49. The molecule has 8 nitrogen and oxygen atoms in total. The van der Waals surface area contributed by atoms with Gasteiger partial charge in [-0.1, -0.05) is 35.4 Å². The first-order valence-corrected chi connectivity index (χ1v) is 7.49. The lowest BCUT2D eigenvalue weighted by Gasteiger charge is -2.32. The lowest BCUT2D eigenvalue weighted by atomic mass is 10.0. The molecule has 2 N–H and O–H groups in total. The third-order valence-electron chi connectivity index (χ3n) is 3.85. The van der Waals surface area contributed by atoms with E-state index in [1.807, 2.05) is 30.3 Å². The van der Waals surface area contributed by atoms with E-state index in [-0.39, 0.29) is 6.10 Å². The molecule has 0 aliphatic carbocycles. The normalized spacial score (nSPS) is 23.8. The van der Waals surface area contributed by atoms with Crippen LogP contribution in [0.5, 0.6) is 0 Å². The molecule has 1 aliphatic rings. The van der Waals surface area contributed by atoms with Gasteiger partial charge in [0.25, 0.3) is 0 Å². The average molecular weight is 320 g/mol. The standard InChI is InChI=1S/C15H20N4O4/c16-18-17-13-7-6-12(23-14(13)20)8-9-19(15(21)22)10-11-4-2-1-3-5-11/h1-5,12-14,20H,6-10H2,(H,21,22)/t12-,13?,14?/m0/s1. The highest BCUT2D eigenvalue weighted by Crippen LogP contribution is 2.23. The van der Waals surface area contributed by atoms with Gasteiger partial charge in [0.05, 0.1) is 12.1 Å². The van der Waals surface area contributed by atoms with Gasteiger partial charge in [-0.2, -0.15) is 0 Å². The summed E-state index contributed by atoms with van der Waals surface area (Å²) in [6, 6.07) is 8.79. The van der Waals surface area contributed by atoms with Gasteiger partial charge in [-0.15, -0.1) is 0 Å². The van der Waals surface area contributed by atoms with Crippen LogP contribution in [0, 0.1) is 0 Å². The van der Waals surface area contributed by atoms with Crippen LogP contribution >= 0.6 is 0 Å². The predicted octanol–water partition coefficient (Wildman–Crippen LogP) is 2.73. The van der Waals surface area contributed by atoms with Crippen molar-refractivity contribution in [1.29, 1.82) is 0 Å². The van der Waals surface area contributed by atoms with Gasteiger partial charge in [0.15, 0.2) is 6.29 Å². The van der Waals surface area contributed by atoms with E-state index in [4.69, 9.17) is 10.3 Å². The Morgan fingerprint density at radius 2 is 2.13 bits per heavy atom. The molecular formula is C15H20N4O4. The molecule has 2 rings (SSSR count). The SMILES string of the molecule is [N-]=[N+]=NC1CC[C@@H](CCN(Cc2ccccc2)C(=O)O)OC1O. The van der Waals surface area contributed by atoms with Crippen LogP contribution in [0.15, 0.2) is 35.4 Å². The van der Waals surface area contributed by atoms with Gasteiger partial charge in [0, 0.05) is 18.0 Å². The topological polar surface area (TPSA) is 119 Å². The van der Waals surface area contributed by atoms with Crippen LogP contribution in [-0.2, 0) is 11.3 Å². The number of amides is 1. The third kappa shape index (κ3) is 5.14. The number of rotatable bonds is 6. The molecule has 1 aliphatic heterocycles. The van der Waals surface area contributed by atoms with Crippen LogP contribution in [0.4, 0.5) is 4.79 Å². The molecule has 1 amide bonds. The molecule has 2 unspecified atom stereocenters. The second kappa shape index (κ2) is 8.38. The number of aliphatic hydroxyl groups is 1. The van der Waals surface area contributed by atoms with Crippen LogP contribution in [0.1, 0.15) is 24.8 Å². The number of carbonyl (C=O) groups is 1. The Labute approximate surface area is 133 Å². The van der Waals surface area contributed by atoms with Gasteiger partial charge in [0.2, 0.25) is 0 Å². The molecule has 0 radical (unpaired) electrons. The summed E-state index contributed by atoms with van der Waals surface area (Å²) in [6.07, 6.45) is -0.720. The van der Waals surface area contributed by atoms with E-state index >= 15 is 0 Å². The quantitative estimate of drug-likeness (QED) is 0.476. The fourth-order valence-electron chi connectivity index (χ4n) is 2.59. The summed E-state index contributed by atoms with van der Waals surface area (Å²) in [5.41, 5.74) is 9.32. The lowest BCUT2D eigenvalue weighted by Crippen LogP contribution is -2.39. The van der Waals surface area contributed by atoms with Crippen molar-refractivity contribution in [2.75, 3.05) is 6.54 Å². The van der Waals surface area contributed by atoms with Gasteiger partial charge < -0.3 is 19.8 Å². The van der Waals surface area contributed by atoms with Crippen LogP contribution < -0.4 is 0 Å². The fraction of sp³-hybridized carbons (Fsp3) is 0.533. The zero-order valence-corrected chi connectivity index (χ0v) is 12.7. The maximum absolute atomic E-state index is 11.4. The molecule has 0 aromatic heterocycles. The summed E-state index contributed by atoms with van der Waals surface area (Å²) in [7, 11) is 0. The molecule has 0 spiro atoms. The highest BCUT2D eigenvalue weighted by molar-refractivity contribution is 5.64. The maximum atomic E-state index is 11.4. The number of carboxylic acid groups (broad SMARTS) is 1. The van der Waals surface area contributed by atoms with E-state index in [1.54, 1.807) is 0 Å². The van der Waals surface area contributed by atoms with Crippen LogP contribution in [0.25, 0.3) is 10.4 Å². The number of azide groups is 1. The Kier molecular flexibility index (Phi) is 6.22. The number of hydrogen-bond donors (Lipinski definition) is 2. The average Bonchev–Trinajstić information content (AvgIpc) is 2.54. The fourth-order valence-corrected chi connectivity index (χ4v) is 2.59. The van der Waals surface area contributed by atoms with E-state index in [0.717, 1.165) is 5.56 Å². The van der Waals surface area contributed by atoms with Crippen molar-refractivity contribution in [2.45, 2.75) is 44.2 Å². The first kappa shape index (κ1) is 17.1. The van der Waals surface area contributed by atoms with E-state index in [1.165, 1.54) is 4.90 Å². The maximum Gasteiger partial charge on any atom is 0.407 e. The third-order valence-corrected chi connectivity index (χ3v) is 3.85. The zero-order valence-electron chi connectivity index (χ0n) is 12.7. The van der Waals surface area contributed by atoms with Crippen molar-refractivity contribution in [3.63, 3.8) is 0 Å². The number of aliphatic hydroxyl groups excluding tert-OH is 1. The van der Waals surface area contributed by atoms with Crippen molar-refractivity contribution in [1.82, 2.24) is 4.90 Å². The summed E-state index contributed by atoms with van der Waals surface area (Å²) < 4.78 is 5.40. The number of hydrogen-bond acceptors (Lipinski definition) is 4. The molecule has 124 valence electrons. The van der Waals surface area contributed by atoms with Crippen LogP contribution in [-0.4, -0.2) is 46.2 Å². The van der Waals surface area contributed by atoms with E-state index < -0.39 is 18.4 Å². The monoisotopic (exact) mass is 320 g/mol. The predicted molar refractivity (Wildman–Crippen MR) is 82.5 cm³/mol. The molecule has 1 fully saturated rings. The number of benzene rings is 1. The molecular weight excluding hydrogens is 300 g/mol. The Hall–Kier alpha value is -2.28. The zero-order chi connectivity index (χ0) is 16.7. The Bertz CT molecular complexity index is 562. The van der Waals surface area contributed by atoms with Gasteiger partial charge in [-0.05, 0) is 30.4 Å². The number of ether oxygens (including phenoxy) is 1. The molecule has 1 aromatic carbocycles. The molecule has 1 aromatic rings. The van der Waals surface area contributed by atoms with Crippen molar-refractivity contribution in [3.05, 3.63) is 46.3 Å². The van der Waals surface area contributed by atoms with Crippen LogP contribution in [0.3, 0.4) is 0 Å². The number of nitrogens with zero attached hydrogens (tertiary/aromatic N) is 4. The van der Waals surface area contributed by atoms with Gasteiger partial charge in [-0.25, -0.2) is 4.79 Å². The van der Waals surface area contributed by atoms with E-state index in [2.05, 4.69) is 10.0 Å². The first-order chi connectivity index (χ1) is 11.1. The lowest BCUT2D eigenvalue weighted by molar-refractivity contribution is -0.174. The summed E-state index contributed by atoms with van der Waals surface area (Å²) in [5.74, 6) is 0. The second-order valence-corrected chi connectivity index (χ2v) is 5.48. The molecule has 1 heterocycles. The highest BCUT2D eigenvalue weighted by Gasteiger charge is 2.29. The van der Waals surface area contributed by atoms with Crippen molar-refractivity contribution in [2.24, 2.45) is 5.11 Å². The van der Waals surface area contributed by atoms with Gasteiger partial charge >= 0.3 is 6.09 Å². The molecule has 1 saturated heterocycles. The molecule has 0 saturated carbocycles. The largest absolute Gasteiger partial charge is 0.465 e. The van der Waals surface area contributed by atoms with Gasteiger partial charge in [-0.3, -0.25) is 0 Å². The Morgan fingerprint density at radius 1 is 1.39 bits per heavy atom. The summed E-state index contributed by atoms with van der Waals surface area (Å²) >= 11 is 0. The summed E-state index contributed by atoms with van der Waals surface area (Å²) in [4.78, 5) is 15.4. The molecule has 3 atom stereocenters. The summed E-state index contributed by atoms with van der Waals surface area (Å²) in [6.45, 7) is 0.626. The second-order valence-electron chi connectivity index (χ2n) is 5.48. The molecule has 8 heteroatoms. The van der Waals surface area contributed by atoms with E-state index in [0.29, 0.717) is 32.4 Å². The van der Waals surface area contributed by atoms with Crippen molar-refractivity contribution >= 4 is 6.09 Å². The van der Waals surface area contributed by atoms with Gasteiger partial charge in [0.1, 0.15) is 0 Å². The highest BCUT2D eigenvalue weighted by atomic mass is 16.6. The minimum absolute atomic E-state index is 0.243.